The Kier molecular flexibility index (Phi) is 6.83. The molecule has 2 heterocycles. The van der Waals surface area contributed by atoms with Crippen LogP contribution in [0.15, 0.2) is 83.3 Å². The predicted octanol–water partition coefficient (Wildman–Crippen LogP) is 7.25. The molecule has 0 atom stereocenters. The van der Waals surface area contributed by atoms with Crippen LogP contribution in [0.5, 0.6) is 0 Å². The fourth-order valence-corrected chi connectivity index (χ4v) is 6.54. The van der Waals surface area contributed by atoms with Gasteiger partial charge in [-0.1, -0.05) is 30.3 Å². The highest BCUT2D eigenvalue weighted by atomic mass is 32.2. The van der Waals surface area contributed by atoms with Gasteiger partial charge in [0.1, 0.15) is 22.2 Å². The van der Waals surface area contributed by atoms with E-state index in [-0.39, 0.29) is 17.2 Å². The lowest BCUT2D eigenvalue weighted by Crippen LogP contribution is -2.25. The van der Waals surface area contributed by atoms with Gasteiger partial charge in [0.25, 0.3) is 5.91 Å². The summed E-state index contributed by atoms with van der Waals surface area (Å²) in [6.45, 7) is 2.03. The number of anilines is 1. The molecule has 0 saturated carbocycles. The molecule has 6 rings (SSSR count). The van der Waals surface area contributed by atoms with Crippen LogP contribution >= 0.6 is 11.3 Å². The summed E-state index contributed by atoms with van der Waals surface area (Å²) in [4.78, 5) is 18.0. The number of para-hydroxylation sites is 1. The maximum atomic E-state index is 13.7. The third-order valence-corrected chi connectivity index (χ3v) is 9.51. The van der Waals surface area contributed by atoms with Gasteiger partial charge < -0.3 is 9.73 Å². The van der Waals surface area contributed by atoms with Crippen LogP contribution in [0.2, 0.25) is 0 Å². The van der Waals surface area contributed by atoms with Crippen LogP contribution in [0, 0.1) is 12.7 Å². The molecule has 0 aliphatic rings. The Labute approximate surface area is 246 Å². The zero-order valence-corrected chi connectivity index (χ0v) is 24.9. The van der Waals surface area contributed by atoms with Crippen LogP contribution in [0.3, 0.4) is 0 Å². The molecule has 1 amide bonds. The number of rotatable bonds is 6. The number of furan rings is 1. The van der Waals surface area contributed by atoms with Crippen molar-refractivity contribution in [3.63, 3.8) is 0 Å². The molecule has 42 heavy (non-hydrogen) atoms. The van der Waals surface area contributed by atoms with E-state index in [1.54, 1.807) is 23.5 Å². The summed E-state index contributed by atoms with van der Waals surface area (Å²) in [7, 11) is -0.665. The molecule has 2 aromatic heterocycles. The first-order chi connectivity index (χ1) is 20.0. The van der Waals surface area contributed by atoms with Crippen LogP contribution in [0.1, 0.15) is 15.9 Å². The normalized spacial score (nSPS) is 11.7. The molecule has 6 aromatic rings. The van der Waals surface area contributed by atoms with E-state index < -0.39 is 15.8 Å². The fraction of sp³-hybridized carbons (Fsp3) is 0.125. The van der Waals surface area contributed by atoms with Gasteiger partial charge >= 0.3 is 0 Å². The maximum absolute atomic E-state index is 13.7. The topological polar surface area (TPSA) is 92.5 Å². The van der Waals surface area contributed by atoms with Gasteiger partial charge in [-0.2, -0.15) is 0 Å². The lowest BCUT2D eigenvalue weighted by atomic mass is 9.97. The van der Waals surface area contributed by atoms with Gasteiger partial charge in [0.15, 0.2) is 0 Å². The summed E-state index contributed by atoms with van der Waals surface area (Å²) in [6, 6.07) is 22.9. The summed E-state index contributed by atoms with van der Waals surface area (Å²) in [5.41, 5.74) is 5.73. The van der Waals surface area contributed by atoms with E-state index in [2.05, 4.69) is 5.32 Å². The van der Waals surface area contributed by atoms with Gasteiger partial charge in [-0.15, -0.1) is 11.3 Å². The van der Waals surface area contributed by atoms with Gasteiger partial charge in [-0.05, 0) is 60.5 Å². The smallest absolute Gasteiger partial charge is 0.255 e. The third-order valence-electron chi connectivity index (χ3n) is 7.24. The summed E-state index contributed by atoms with van der Waals surface area (Å²) in [5.74, 6) is -0.547. The Bertz CT molecular complexity index is 2120. The van der Waals surface area contributed by atoms with Crippen molar-refractivity contribution >= 4 is 54.1 Å². The number of nitrogens with zero attached hydrogens (tertiary/aromatic N) is 2. The molecule has 0 radical (unpaired) electrons. The first-order valence-electron chi connectivity index (χ1n) is 13.0. The Morgan fingerprint density at radius 2 is 1.69 bits per heavy atom. The van der Waals surface area contributed by atoms with Crippen LogP contribution < -0.4 is 9.62 Å². The molecule has 10 heteroatoms. The van der Waals surface area contributed by atoms with Crippen molar-refractivity contribution in [1.29, 1.82) is 0 Å². The summed E-state index contributed by atoms with van der Waals surface area (Å²) in [6.07, 6.45) is 1.13. The van der Waals surface area contributed by atoms with Crippen molar-refractivity contribution in [3.8, 4) is 33.0 Å². The number of benzene rings is 4. The highest BCUT2D eigenvalue weighted by Gasteiger charge is 2.26. The van der Waals surface area contributed by atoms with E-state index in [0.717, 1.165) is 38.2 Å². The van der Waals surface area contributed by atoms with Gasteiger partial charge in [0.05, 0.1) is 27.7 Å². The molecule has 0 bridgehead atoms. The number of hydrogen-bond acceptors (Lipinski definition) is 6. The van der Waals surface area contributed by atoms with Crippen LogP contribution in [0.4, 0.5) is 10.1 Å². The second-order valence-corrected chi connectivity index (χ2v) is 13.1. The number of hydrogen-bond donors (Lipinski definition) is 1. The molecule has 4 aromatic carbocycles. The molecule has 0 unspecified atom stereocenters. The van der Waals surface area contributed by atoms with Crippen molar-refractivity contribution < 1.29 is 22.0 Å². The lowest BCUT2D eigenvalue weighted by molar-refractivity contribution is 0.0964. The number of carbonyl (C=O) groups is 1. The highest BCUT2D eigenvalue weighted by Crippen LogP contribution is 2.42. The van der Waals surface area contributed by atoms with E-state index in [9.17, 15) is 17.6 Å². The first kappa shape index (κ1) is 27.6. The number of carbonyl (C=O) groups excluding carboxylic acids is 1. The average molecular weight is 600 g/mol. The average Bonchev–Trinajstić information content (AvgIpc) is 3.58. The zero-order valence-electron chi connectivity index (χ0n) is 23.2. The number of halogens is 1. The Morgan fingerprint density at radius 3 is 2.38 bits per heavy atom. The molecule has 212 valence electrons. The number of aromatic nitrogens is 1. The van der Waals surface area contributed by atoms with E-state index in [1.807, 2.05) is 49.4 Å². The molecule has 1 N–H and O–H groups in total. The number of amides is 1. The van der Waals surface area contributed by atoms with Crippen LogP contribution in [-0.4, -0.2) is 39.7 Å². The number of aryl methyl sites for hydroxylation is 1. The number of fused-ring (bicyclic) bond motifs is 2. The molecule has 0 fully saturated rings. The third kappa shape index (κ3) is 4.82. The van der Waals surface area contributed by atoms with E-state index in [1.165, 1.54) is 42.7 Å². The minimum Gasteiger partial charge on any atom is -0.455 e. The van der Waals surface area contributed by atoms with Crippen molar-refractivity contribution in [1.82, 2.24) is 10.3 Å². The largest absolute Gasteiger partial charge is 0.455 e. The molecule has 0 saturated heterocycles. The first-order valence-corrected chi connectivity index (χ1v) is 15.7. The zero-order chi connectivity index (χ0) is 29.8. The maximum Gasteiger partial charge on any atom is 0.255 e. The SMILES string of the molecule is CNC(=O)c1c(-c2ccc(F)cc2)oc2cc(N(C)S(C)(=O)=O)c(-c3cccc(-c4nc5c(C)cccc5s4)c3)cc12. The van der Waals surface area contributed by atoms with Crippen LogP contribution in [0.25, 0.3) is 54.2 Å². The lowest BCUT2D eigenvalue weighted by Gasteiger charge is -2.21. The highest BCUT2D eigenvalue weighted by molar-refractivity contribution is 7.92. The summed E-state index contributed by atoms with van der Waals surface area (Å²) in [5, 5.41) is 4.00. The molecular weight excluding hydrogens is 574 g/mol. The Hall–Kier alpha value is -4.54. The van der Waals surface area contributed by atoms with E-state index in [4.69, 9.17) is 9.40 Å². The van der Waals surface area contributed by atoms with Gasteiger partial charge in [0, 0.05) is 42.2 Å². The number of nitrogens with one attached hydrogen (secondary N) is 1. The van der Waals surface area contributed by atoms with Crippen LogP contribution in [-0.2, 0) is 10.0 Å². The molecular formula is C32H26FN3O4S2. The fourth-order valence-electron chi connectivity index (χ4n) is 4.99. The standard InChI is InChI=1S/C32H26FN3O4S2/c1-18-7-5-10-27-29(18)35-32(41-27)21-9-6-8-20(15-21)23-16-24-26(17-25(23)36(3)42(4,38)39)40-30(28(24)31(37)34-2)19-11-13-22(33)14-12-19/h5-17H,1-4H3,(H,34,37). The van der Waals surface area contributed by atoms with Crippen molar-refractivity contribution in [2.75, 3.05) is 24.7 Å². The van der Waals surface area contributed by atoms with Gasteiger partial charge in [-0.3, -0.25) is 9.10 Å². The monoisotopic (exact) mass is 599 g/mol. The minimum atomic E-state index is -3.66. The van der Waals surface area contributed by atoms with Crippen molar-refractivity contribution in [2.24, 2.45) is 0 Å². The second-order valence-electron chi connectivity index (χ2n) is 10.0. The van der Waals surface area contributed by atoms with E-state index in [0.29, 0.717) is 27.8 Å². The van der Waals surface area contributed by atoms with Crippen molar-refractivity contribution in [2.45, 2.75) is 6.92 Å². The number of thiazole rings is 1. The van der Waals surface area contributed by atoms with Gasteiger partial charge in [0.2, 0.25) is 10.0 Å². The summed E-state index contributed by atoms with van der Waals surface area (Å²) < 4.78 is 47.6. The molecule has 0 spiro atoms. The van der Waals surface area contributed by atoms with Gasteiger partial charge in [-0.25, -0.2) is 17.8 Å². The molecule has 0 aliphatic heterocycles. The summed E-state index contributed by atoms with van der Waals surface area (Å²) >= 11 is 1.58. The number of sulfonamides is 1. The Morgan fingerprint density at radius 1 is 0.976 bits per heavy atom. The predicted molar refractivity (Wildman–Crippen MR) is 167 cm³/mol. The van der Waals surface area contributed by atoms with E-state index >= 15 is 0 Å². The second kappa shape index (κ2) is 10.4. The van der Waals surface area contributed by atoms with Crippen molar-refractivity contribution in [3.05, 3.63) is 95.8 Å². The Balaban J connectivity index is 1.60. The quantitative estimate of drug-likeness (QED) is 0.218. The molecule has 0 aliphatic carbocycles. The molecule has 7 nitrogen and oxygen atoms in total. The minimum absolute atomic E-state index is 0.257.